The number of methoxy groups -OCH3 is 2. The maximum Gasteiger partial charge on any atom is 0.337 e. The second-order valence-electron chi connectivity index (χ2n) is 7.75. The van der Waals surface area contributed by atoms with Gasteiger partial charge in [0.2, 0.25) is 0 Å². The molecule has 3 amide bonds. The molecular formula is C24H35N3O6. The van der Waals surface area contributed by atoms with E-state index in [1.807, 2.05) is 20.8 Å². The largest absolute Gasteiger partial charge is 0.493 e. The number of carbonyl (C=O) groups is 3. The lowest BCUT2D eigenvalue weighted by Crippen LogP contribution is -2.45. The van der Waals surface area contributed by atoms with Crippen LogP contribution in [0.15, 0.2) is 29.5 Å². The molecule has 0 saturated carbocycles. The van der Waals surface area contributed by atoms with Crippen molar-refractivity contribution < 1.29 is 28.6 Å². The van der Waals surface area contributed by atoms with Gasteiger partial charge in [-0.2, -0.15) is 0 Å². The minimum atomic E-state index is -0.707. The Balaban J connectivity index is 2.30. The van der Waals surface area contributed by atoms with Crippen molar-refractivity contribution in [3.05, 3.63) is 35.0 Å². The Hall–Kier alpha value is -3.23. The molecular weight excluding hydrogens is 426 g/mol. The minimum absolute atomic E-state index is 0.0874. The Kier molecular flexibility index (Phi) is 10.0. The summed E-state index contributed by atoms with van der Waals surface area (Å²) in [6.45, 7) is 7.29. The van der Waals surface area contributed by atoms with E-state index in [4.69, 9.17) is 14.2 Å². The number of esters is 1. The predicted molar refractivity (Wildman–Crippen MR) is 124 cm³/mol. The fourth-order valence-corrected chi connectivity index (χ4v) is 3.78. The van der Waals surface area contributed by atoms with Gasteiger partial charge in [0, 0.05) is 18.8 Å². The Morgan fingerprint density at radius 2 is 1.73 bits per heavy atom. The summed E-state index contributed by atoms with van der Waals surface area (Å²) in [7, 11) is 2.80. The summed E-state index contributed by atoms with van der Waals surface area (Å²) in [5.41, 5.74) is 1.52. The number of benzene rings is 1. The smallest absolute Gasteiger partial charge is 0.337 e. The van der Waals surface area contributed by atoms with Gasteiger partial charge in [0.1, 0.15) is 0 Å². The van der Waals surface area contributed by atoms with Gasteiger partial charge in [0.15, 0.2) is 18.1 Å². The van der Waals surface area contributed by atoms with Crippen LogP contribution >= 0.6 is 0 Å². The molecule has 9 heteroatoms. The first-order chi connectivity index (χ1) is 15.9. The highest BCUT2D eigenvalue weighted by molar-refractivity contribution is 5.95. The monoisotopic (exact) mass is 461 g/mol. The van der Waals surface area contributed by atoms with Crippen molar-refractivity contribution in [2.75, 3.05) is 33.9 Å². The molecule has 0 bridgehead atoms. The first-order valence-electron chi connectivity index (χ1n) is 11.4. The van der Waals surface area contributed by atoms with E-state index in [2.05, 4.69) is 10.6 Å². The van der Waals surface area contributed by atoms with Crippen LogP contribution < -0.4 is 20.1 Å². The molecule has 1 heterocycles. The molecule has 2 rings (SSSR count). The van der Waals surface area contributed by atoms with Gasteiger partial charge in [0.25, 0.3) is 5.91 Å². The van der Waals surface area contributed by atoms with Crippen molar-refractivity contribution in [3.63, 3.8) is 0 Å². The summed E-state index contributed by atoms with van der Waals surface area (Å²) >= 11 is 0. The summed E-state index contributed by atoms with van der Waals surface area (Å²) in [6.07, 6.45) is 3.03. The number of nitrogens with one attached hydrogen (secondary N) is 2. The normalized spacial score (nSPS) is 15.4. The zero-order valence-electron chi connectivity index (χ0n) is 20.2. The highest BCUT2D eigenvalue weighted by Crippen LogP contribution is 2.35. The quantitative estimate of drug-likeness (QED) is 0.463. The lowest BCUT2D eigenvalue weighted by Gasteiger charge is -2.29. The molecule has 0 aromatic heterocycles. The van der Waals surface area contributed by atoms with E-state index in [0.29, 0.717) is 47.8 Å². The lowest BCUT2D eigenvalue weighted by atomic mass is 9.93. The molecule has 0 fully saturated rings. The predicted octanol–water partition coefficient (Wildman–Crippen LogP) is 3.30. The zero-order valence-corrected chi connectivity index (χ0v) is 20.2. The van der Waals surface area contributed by atoms with E-state index in [0.717, 1.165) is 19.3 Å². The number of allylic oxidation sites excluding steroid dienone is 1. The van der Waals surface area contributed by atoms with Gasteiger partial charge in [0.05, 0.1) is 25.8 Å². The number of rotatable bonds is 12. The Morgan fingerprint density at radius 1 is 1.03 bits per heavy atom. The van der Waals surface area contributed by atoms with Gasteiger partial charge in [-0.15, -0.1) is 0 Å². The van der Waals surface area contributed by atoms with Crippen molar-refractivity contribution in [2.24, 2.45) is 0 Å². The van der Waals surface area contributed by atoms with Crippen LogP contribution in [-0.2, 0) is 14.3 Å². The van der Waals surface area contributed by atoms with E-state index in [1.165, 1.54) is 14.2 Å². The minimum Gasteiger partial charge on any atom is -0.493 e. The molecule has 1 aromatic carbocycles. The number of hydrogen-bond acceptors (Lipinski definition) is 6. The third kappa shape index (κ3) is 6.63. The zero-order chi connectivity index (χ0) is 24.4. The summed E-state index contributed by atoms with van der Waals surface area (Å²) < 4.78 is 16.2. The maximum absolute atomic E-state index is 12.5. The van der Waals surface area contributed by atoms with Gasteiger partial charge in [-0.05, 0) is 37.0 Å². The third-order valence-electron chi connectivity index (χ3n) is 5.27. The summed E-state index contributed by atoms with van der Waals surface area (Å²) in [6, 6.07) is 4.00. The molecule has 1 aromatic rings. The van der Waals surface area contributed by atoms with Crippen molar-refractivity contribution >= 4 is 17.9 Å². The number of ether oxygens (including phenoxy) is 3. The van der Waals surface area contributed by atoms with Crippen LogP contribution in [0.5, 0.6) is 11.5 Å². The number of urea groups is 1. The standard InChI is InChI=1S/C24H35N3O6/c1-6-9-17-21(23(29)32-5)22(26-24(30)25-17)16-10-11-18(19(14-16)31-4)33-15-20(28)27(12-7-2)13-8-3/h10-11,14,22H,6-9,12-13,15H2,1-5H3,(H2,25,26,30). The molecule has 0 aliphatic carbocycles. The van der Waals surface area contributed by atoms with Gasteiger partial charge in [-0.1, -0.05) is 33.3 Å². The molecule has 33 heavy (non-hydrogen) atoms. The van der Waals surface area contributed by atoms with Crippen LogP contribution in [0.1, 0.15) is 58.1 Å². The highest BCUT2D eigenvalue weighted by atomic mass is 16.5. The summed E-state index contributed by atoms with van der Waals surface area (Å²) in [5.74, 6) is 0.190. The molecule has 1 aliphatic rings. The average Bonchev–Trinajstić information content (AvgIpc) is 2.81. The second-order valence-corrected chi connectivity index (χ2v) is 7.75. The topological polar surface area (TPSA) is 106 Å². The van der Waals surface area contributed by atoms with Crippen molar-refractivity contribution in [1.82, 2.24) is 15.5 Å². The number of carbonyl (C=O) groups excluding carboxylic acids is 3. The van der Waals surface area contributed by atoms with E-state index >= 15 is 0 Å². The molecule has 0 saturated heterocycles. The number of hydrogen-bond donors (Lipinski definition) is 2. The SMILES string of the molecule is CCCC1=C(C(=O)OC)C(c2ccc(OCC(=O)N(CCC)CCC)c(OC)c2)NC(=O)N1. The van der Waals surface area contributed by atoms with Crippen LogP contribution in [0.25, 0.3) is 0 Å². The van der Waals surface area contributed by atoms with Crippen LogP contribution in [0.2, 0.25) is 0 Å². The fraction of sp³-hybridized carbons (Fsp3) is 0.542. The van der Waals surface area contributed by atoms with Crippen molar-refractivity contribution in [1.29, 1.82) is 0 Å². The van der Waals surface area contributed by atoms with E-state index in [-0.39, 0.29) is 12.5 Å². The number of amides is 3. The third-order valence-corrected chi connectivity index (χ3v) is 5.27. The molecule has 1 atom stereocenters. The van der Waals surface area contributed by atoms with Gasteiger partial charge < -0.3 is 29.7 Å². The van der Waals surface area contributed by atoms with Crippen molar-refractivity contribution in [3.8, 4) is 11.5 Å². The molecule has 9 nitrogen and oxygen atoms in total. The first kappa shape index (κ1) is 26.0. The number of nitrogens with zero attached hydrogens (tertiary/aromatic N) is 1. The van der Waals surface area contributed by atoms with Crippen molar-refractivity contribution in [2.45, 2.75) is 52.5 Å². The molecule has 182 valence electrons. The van der Waals surface area contributed by atoms with Crippen LogP contribution in [0.3, 0.4) is 0 Å². The van der Waals surface area contributed by atoms with E-state index in [1.54, 1.807) is 23.1 Å². The maximum atomic E-state index is 12.5. The highest BCUT2D eigenvalue weighted by Gasteiger charge is 2.33. The fourth-order valence-electron chi connectivity index (χ4n) is 3.78. The Bertz CT molecular complexity index is 877. The molecule has 0 spiro atoms. The van der Waals surface area contributed by atoms with E-state index in [9.17, 15) is 14.4 Å². The Labute approximate surface area is 195 Å². The van der Waals surface area contributed by atoms with Gasteiger partial charge in [-0.3, -0.25) is 4.79 Å². The summed E-state index contributed by atoms with van der Waals surface area (Å²) in [5, 5.41) is 5.50. The van der Waals surface area contributed by atoms with Crippen LogP contribution in [-0.4, -0.2) is 56.7 Å². The molecule has 2 N–H and O–H groups in total. The summed E-state index contributed by atoms with van der Waals surface area (Å²) in [4.78, 5) is 39.1. The van der Waals surface area contributed by atoms with Crippen LogP contribution in [0.4, 0.5) is 4.79 Å². The Morgan fingerprint density at radius 3 is 2.30 bits per heavy atom. The molecule has 1 unspecified atom stereocenters. The molecule has 0 radical (unpaired) electrons. The lowest BCUT2D eigenvalue weighted by molar-refractivity contribution is -0.136. The van der Waals surface area contributed by atoms with Gasteiger partial charge in [-0.25, -0.2) is 9.59 Å². The van der Waals surface area contributed by atoms with Crippen LogP contribution in [0, 0.1) is 0 Å². The van der Waals surface area contributed by atoms with E-state index < -0.39 is 18.0 Å². The average molecular weight is 462 g/mol. The molecule has 1 aliphatic heterocycles. The first-order valence-corrected chi connectivity index (χ1v) is 11.4. The van der Waals surface area contributed by atoms with Gasteiger partial charge >= 0.3 is 12.0 Å². The second kappa shape index (κ2) is 12.7.